The highest BCUT2D eigenvalue weighted by molar-refractivity contribution is 5.80. The van der Waals surface area contributed by atoms with E-state index < -0.39 is 5.97 Å². The smallest absolute Gasteiger partial charge is 0.341 e. The van der Waals surface area contributed by atoms with Crippen LogP contribution in [0.2, 0.25) is 0 Å². The first-order chi connectivity index (χ1) is 14.2. The predicted octanol–water partition coefficient (Wildman–Crippen LogP) is 3.70. The van der Waals surface area contributed by atoms with E-state index in [1.807, 2.05) is 42.5 Å². The molecule has 0 bridgehead atoms. The number of benzene rings is 2. The molecule has 0 unspecified atom stereocenters. The molecule has 2 N–H and O–H groups in total. The number of hydrogen-bond donors (Lipinski definition) is 2. The summed E-state index contributed by atoms with van der Waals surface area (Å²) >= 11 is 0. The second kappa shape index (κ2) is 8.77. The minimum Gasteiger partial charge on any atom is -0.482 e. The second-order valence-electron chi connectivity index (χ2n) is 7.12. The van der Waals surface area contributed by atoms with Gasteiger partial charge < -0.3 is 20.1 Å². The molecule has 4 rings (SSSR count). The SMILES string of the molecule is O=C(O)COc1cccc(CNc2nc3ccccc3nc2N2CCCCC2)c1. The molecule has 2 heterocycles. The van der Waals surface area contributed by atoms with E-state index in [0.29, 0.717) is 12.3 Å². The average Bonchev–Trinajstić information content (AvgIpc) is 2.76. The van der Waals surface area contributed by atoms with E-state index in [1.165, 1.54) is 6.42 Å². The minimum atomic E-state index is -0.994. The normalized spacial score (nSPS) is 14.0. The number of carboxylic acid groups (broad SMARTS) is 1. The van der Waals surface area contributed by atoms with Crippen LogP contribution in [0.5, 0.6) is 5.75 Å². The lowest BCUT2D eigenvalue weighted by atomic mass is 10.1. The number of hydrogen-bond acceptors (Lipinski definition) is 6. The highest BCUT2D eigenvalue weighted by Crippen LogP contribution is 2.28. The molecule has 1 aromatic heterocycles. The Hall–Kier alpha value is -3.35. The maximum Gasteiger partial charge on any atom is 0.341 e. The molecule has 3 aromatic rings. The van der Waals surface area contributed by atoms with Gasteiger partial charge in [0, 0.05) is 19.6 Å². The summed E-state index contributed by atoms with van der Waals surface area (Å²) in [7, 11) is 0. The molecule has 7 heteroatoms. The van der Waals surface area contributed by atoms with Crippen molar-refractivity contribution in [1.82, 2.24) is 9.97 Å². The molecular weight excluding hydrogens is 368 g/mol. The first-order valence-corrected chi connectivity index (χ1v) is 9.88. The van der Waals surface area contributed by atoms with Crippen LogP contribution >= 0.6 is 0 Å². The van der Waals surface area contributed by atoms with Gasteiger partial charge in [0.05, 0.1) is 11.0 Å². The zero-order valence-corrected chi connectivity index (χ0v) is 16.2. The Morgan fingerprint density at radius 1 is 1.03 bits per heavy atom. The number of aromatic nitrogens is 2. The van der Waals surface area contributed by atoms with E-state index in [0.717, 1.165) is 54.2 Å². The number of carboxylic acids is 1. The Morgan fingerprint density at radius 3 is 2.55 bits per heavy atom. The van der Waals surface area contributed by atoms with Crippen molar-refractivity contribution in [3.63, 3.8) is 0 Å². The summed E-state index contributed by atoms with van der Waals surface area (Å²) in [5.41, 5.74) is 2.73. The summed E-state index contributed by atoms with van der Waals surface area (Å²) in [5, 5.41) is 12.2. The number of rotatable bonds is 7. The van der Waals surface area contributed by atoms with E-state index in [2.05, 4.69) is 10.2 Å². The Bertz CT molecular complexity index is 1000. The number of ether oxygens (including phenoxy) is 1. The molecule has 29 heavy (non-hydrogen) atoms. The Balaban J connectivity index is 1.56. The van der Waals surface area contributed by atoms with Crippen LogP contribution < -0.4 is 15.0 Å². The van der Waals surface area contributed by atoms with E-state index >= 15 is 0 Å². The summed E-state index contributed by atoms with van der Waals surface area (Å²) in [6, 6.07) is 15.3. The molecule has 1 fully saturated rings. The number of para-hydroxylation sites is 2. The summed E-state index contributed by atoms with van der Waals surface area (Å²) in [4.78, 5) is 22.7. The minimum absolute atomic E-state index is 0.355. The van der Waals surface area contributed by atoms with Crippen LogP contribution in [0.4, 0.5) is 11.6 Å². The highest BCUT2D eigenvalue weighted by atomic mass is 16.5. The number of anilines is 2. The van der Waals surface area contributed by atoms with Crippen LogP contribution in [0, 0.1) is 0 Å². The van der Waals surface area contributed by atoms with Gasteiger partial charge >= 0.3 is 5.97 Å². The fourth-order valence-corrected chi connectivity index (χ4v) is 3.51. The monoisotopic (exact) mass is 392 g/mol. The standard InChI is InChI=1S/C22H24N4O3/c27-20(28)15-29-17-8-6-7-16(13-17)14-23-21-22(26-11-4-1-5-12-26)25-19-10-3-2-9-18(19)24-21/h2-3,6-10,13H,1,4-5,11-12,14-15H2,(H,23,24)(H,27,28). The van der Waals surface area contributed by atoms with Crippen molar-refractivity contribution >= 4 is 28.6 Å². The lowest BCUT2D eigenvalue weighted by Crippen LogP contribution is -2.31. The Morgan fingerprint density at radius 2 is 1.79 bits per heavy atom. The van der Waals surface area contributed by atoms with Gasteiger partial charge in [0.1, 0.15) is 5.75 Å². The third-order valence-corrected chi connectivity index (χ3v) is 4.93. The molecule has 0 saturated carbocycles. The third kappa shape index (κ3) is 4.74. The van der Waals surface area contributed by atoms with Gasteiger partial charge in [-0.15, -0.1) is 0 Å². The molecule has 1 aliphatic heterocycles. The van der Waals surface area contributed by atoms with Crippen LogP contribution in [-0.2, 0) is 11.3 Å². The van der Waals surface area contributed by atoms with Gasteiger partial charge in [-0.3, -0.25) is 0 Å². The van der Waals surface area contributed by atoms with Crippen LogP contribution in [0.25, 0.3) is 11.0 Å². The molecule has 2 aromatic carbocycles. The van der Waals surface area contributed by atoms with Crippen LogP contribution in [-0.4, -0.2) is 40.7 Å². The van der Waals surface area contributed by atoms with Crippen molar-refractivity contribution in [2.24, 2.45) is 0 Å². The zero-order chi connectivity index (χ0) is 20.1. The summed E-state index contributed by atoms with van der Waals surface area (Å²) in [5.74, 6) is 1.20. The second-order valence-corrected chi connectivity index (χ2v) is 7.12. The van der Waals surface area contributed by atoms with Crippen molar-refractivity contribution in [3.8, 4) is 5.75 Å². The van der Waals surface area contributed by atoms with E-state index in [1.54, 1.807) is 6.07 Å². The van der Waals surface area contributed by atoms with Crippen molar-refractivity contribution in [3.05, 3.63) is 54.1 Å². The predicted molar refractivity (Wildman–Crippen MR) is 113 cm³/mol. The molecule has 0 amide bonds. The van der Waals surface area contributed by atoms with Gasteiger partial charge in [0.2, 0.25) is 0 Å². The maximum atomic E-state index is 10.7. The van der Waals surface area contributed by atoms with Crippen molar-refractivity contribution in [2.75, 3.05) is 29.9 Å². The lowest BCUT2D eigenvalue weighted by Gasteiger charge is -2.29. The van der Waals surface area contributed by atoms with Gasteiger partial charge in [-0.25, -0.2) is 14.8 Å². The zero-order valence-electron chi connectivity index (χ0n) is 16.2. The lowest BCUT2D eigenvalue weighted by molar-refractivity contribution is -0.139. The summed E-state index contributed by atoms with van der Waals surface area (Å²) in [6.07, 6.45) is 3.58. The molecule has 7 nitrogen and oxygen atoms in total. The van der Waals surface area contributed by atoms with E-state index in [9.17, 15) is 4.79 Å². The fourth-order valence-electron chi connectivity index (χ4n) is 3.51. The summed E-state index contributed by atoms with van der Waals surface area (Å²) in [6.45, 7) is 2.16. The summed E-state index contributed by atoms with van der Waals surface area (Å²) < 4.78 is 5.27. The van der Waals surface area contributed by atoms with Crippen molar-refractivity contribution < 1.29 is 14.6 Å². The first-order valence-electron chi connectivity index (χ1n) is 9.88. The quantitative estimate of drug-likeness (QED) is 0.634. The van der Waals surface area contributed by atoms with Crippen molar-refractivity contribution in [1.29, 1.82) is 0 Å². The Labute approximate surface area is 169 Å². The molecule has 1 aliphatic rings. The van der Waals surface area contributed by atoms with Gasteiger partial charge in [0.25, 0.3) is 0 Å². The van der Waals surface area contributed by atoms with Crippen LogP contribution in [0.1, 0.15) is 24.8 Å². The number of carbonyl (C=O) groups is 1. The number of aliphatic carboxylic acids is 1. The van der Waals surface area contributed by atoms with Gasteiger partial charge in [0.15, 0.2) is 18.2 Å². The maximum absolute atomic E-state index is 10.7. The number of fused-ring (bicyclic) bond motifs is 1. The third-order valence-electron chi connectivity index (χ3n) is 4.93. The fraction of sp³-hybridized carbons (Fsp3) is 0.318. The number of nitrogens with one attached hydrogen (secondary N) is 1. The van der Waals surface area contributed by atoms with E-state index in [4.69, 9.17) is 19.8 Å². The highest BCUT2D eigenvalue weighted by Gasteiger charge is 2.18. The molecule has 0 atom stereocenters. The van der Waals surface area contributed by atoms with E-state index in [-0.39, 0.29) is 6.61 Å². The Kier molecular flexibility index (Phi) is 5.74. The first kappa shape index (κ1) is 19.0. The topological polar surface area (TPSA) is 87.6 Å². The molecule has 0 radical (unpaired) electrons. The molecule has 150 valence electrons. The molecular formula is C22H24N4O3. The average molecular weight is 392 g/mol. The van der Waals surface area contributed by atoms with Gasteiger partial charge in [-0.05, 0) is 49.1 Å². The van der Waals surface area contributed by atoms with Gasteiger partial charge in [-0.2, -0.15) is 0 Å². The molecule has 0 aliphatic carbocycles. The number of piperidine rings is 1. The number of nitrogens with zero attached hydrogens (tertiary/aromatic N) is 3. The van der Waals surface area contributed by atoms with Gasteiger partial charge in [-0.1, -0.05) is 24.3 Å². The van der Waals surface area contributed by atoms with Crippen LogP contribution in [0.3, 0.4) is 0 Å². The molecule has 0 spiro atoms. The van der Waals surface area contributed by atoms with Crippen molar-refractivity contribution in [2.45, 2.75) is 25.8 Å². The largest absolute Gasteiger partial charge is 0.482 e. The molecule has 1 saturated heterocycles. The van der Waals surface area contributed by atoms with Crippen LogP contribution in [0.15, 0.2) is 48.5 Å².